The summed E-state index contributed by atoms with van der Waals surface area (Å²) >= 11 is 0. The molecule has 2 aliphatic rings. The standard InChI is InChI=1S/C32H41N5O4/c1-20-15-21(2)30(22(3)16-20)35-29-19-26-25-18-28(41-5)27(40-4)17-23(25)11-13-36(26)32(39)37(29)14-12-33-31(38)34-24-9-7-6-8-10-24/h15-19,24H,6-14H2,1-5H3,(H2,33,34,38)/b35-29+. The number of nitrogens with one attached hydrogen (secondary N) is 2. The van der Waals surface area contributed by atoms with Crippen molar-refractivity contribution in [2.75, 3.05) is 20.8 Å². The van der Waals surface area contributed by atoms with E-state index in [1.807, 2.05) is 32.0 Å². The summed E-state index contributed by atoms with van der Waals surface area (Å²) in [5, 5.41) is 6.05. The molecule has 2 amide bonds. The van der Waals surface area contributed by atoms with E-state index in [-0.39, 0.29) is 17.8 Å². The Balaban J connectivity index is 1.55. The van der Waals surface area contributed by atoms with Gasteiger partial charge in [-0.2, -0.15) is 0 Å². The van der Waals surface area contributed by atoms with Gasteiger partial charge in [0.05, 0.1) is 25.6 Å². The maximum atomic E-state index is 14.0. The second-order valence-corrected chi connectivity index (χ2v) is 11.2. The van der Waals surface area contributed by atoms with Crippen LogP contribution in [0.25, 0.3) is 11.3 Å². The topological polar surface area (TPSA) is 98.9 Å². The molecule has 41 heavy (non-hydrogen) atoms. The number of carbonyl (C=O) groups excluding carboxylic acids is 1. The molecule has 0 unspecified atom stereocenters. The minimum atomic E-state index is -0.186. The van der Waals surface area contributed by atoms with Crippen LogP contribution in [0.2, 0.25) is 0 Å². The van der Waals surface area contributed by atoms with E-state index in [1.54, 1.807) is 23.4 Å². The lowest BCUT2D eigenvalue weighted by Crippen LogP contribution is -2.47. The lowest BCUT2D eigenvalue weighted by molar-refractivity contribution is 0.232. The predicted molar refractivity (Wildman–Crippen MR) is 160 cm³/mol. The second kappa shape index (κ2) is 12.2. The van der Waals surface area contributed by atoms with Crippen molar-refractivity contribution in [1.29, 1.82) is 0 Å². The fourth-order valence-corrected chi connectivity index (χ4v) is 6.19. The maximum absolute atomic E-state index is 14.0. The molecule has 9 heteroatoms. The van der Waals surface area contributed by atoms with Crippen LogP contribution in [0.15, 0.2) is 40.1 Å². The highest BCUT2D eigenvalue weighted by atomic mass is 16.5. The third kappa shape index (κ3) is 6.04. The van der Waals surface area contributed by atoms with E-state index in [2.05, 4.69) is 29.7 Å². The van der Waals surface area contributed by atoms with Crippen LogP contribution < -0.4 is 31.3 Å². The van der Waals surface area contributed by atoms with E-state index in [0.29, 0.717) is 43.0 Å². The Hall–Kier alpha value is -4.01. The SMILES string of the molecule is COc1cc2c(cc1OC)-c1c/c(=N\c3c(C)cc(C)cc3C)n(CCNC(=O)NC3CCCCC3)c(=O)n1CC2. The van der Waals surface area contributed by atoms with Gasteiger partial charge in [0.1, 0.15) is 5.49 Å². The van der Waals surface area contributed by atoms with Gasteiger partial charge in [-0.25, -0.2) is 14.6 Å². The molecule has 0 saturated heterocycles. The second-order valence-electron chi connectivity index (χ2n) is 11.2. The number of urea groups is 1. The van der Waals surface area contributed by atoms with Crippen molar-refractivity contribution in [3.63, 3.8) is 0 Å². The first-order valence-corrected chi connectivity index (χ1v) is 14.6. The molecular formula is C32H41N5O4. The van der Waals surface area contributed by atoms with Gasteiger partial charge in [-0.15, -0.1) is 0 Å². The quantitative estimate of drug-likeness (QED) is 0.439. The summed E-state index contributed by atoms with van der Waals surface area (Å²) in [5.74, 6) is 1.28. The molecular weight excluding hydrogens is 518 g/mol. The zero-order valence-electron chi connectivity index (χ0n) is 24.8. The van der Waals surface area contributed by atoms with Gasteiger partial charge in [-0.05, 0) is 68.9 Å². The van der Waals surface area contributed by atoms with Crippen molar-refractivity contribution in [3.8, 4) is 22.8 Å². The number of ether oxygens (including phenoxy) is 2. The molecule has 0 radical (unpaired) electrons. The number of carbonyl (C=O) groups is 1. The van der Waals surface area contributed by atoms with Crippen LogP contribution in [0.5, 0.6) is 11.5 Å². The van der Waals surface area contributed by atoms with Gasteiger partial charge in [-0.1, -0.05) is 37.0 Å². The van der Waals surface area contributed by atoms with Gasteiger partial charge >= 0.3 is 11.7 Å². The summed E-state index contributed by atoms with van der Waals surface area (Å²) < 4.78 is 14.6. The summed E-state index contributed by atoms with van der Waals surface area (Å²) in [6.45, 7) is 7.30. The van der Waals surface area contributed by atoms with Crippen molar-refractivity contribution in [2.45, 2.75) is 78.4 Å². The van der Waals surface area contributed by atoms with Crippen LogP contribution in [0.4, 0.5) is 10.5 Å². The van der Waals surface area contributed by atoms with Crippen LogP contribution >= 0.6 is 0 Å². The van der Waals surface area contributed by atoms with Crippen LogP contribution in [0, 0.1) is 20.8 Å². The highest BCUT2D eigenvalue weighted by Gasteiger charge is 2.23. The van der Waals surface area contributed by atoms with Crippen molar-refractivity contribution in [1.82, 2.24) is 19.8 Å². The largest absolute Gasteiger partial charge is 0.493 e. The van der Waals surface area contributed by atoms with Crippen LogP contribution in [0.3, 0.4) is 0 Å². The number of aryl methyl sites for hydroxylation is 4. The number of fused-ring (bicyclic) bond motifs is 3. The summed E-state index contributed by atoms with van der Waals surface area (Å²) in [6, 6.07) is 10.1. The van der Waals surface area contributed by atoms with E-state index in [4.69, 9.17) is 14.5 Å². The van der Waals surface area contributed by atoms with E-state index >= 15 is 0 Å². The normalized spacial score (nSPS) is 15.2. The number of hydrogen-bond acceptors (Lipinski definition) is 5. The van der Waals surface area contributed by atoms with E-state index in [9.17, 15) is 9.59 Å². The minimum absolute atomic E-state index is 0.154. The average Bonchev–Trinajstić information content (AvgIpc) is 2.95. The number of rotatable bonds is 7. The molecule has 1 aliphatic heterocycles. The molecule has 218 valence electrons. The van der Waals surface area contributed by atoms with Crippen molar-refractivity contribution >= 4 is 11.7 Å². The lowest BCUT2D eigenvalue weighted by atomic mass is 9.96. The first-order chi connectivity index (χ1) is 19.8. The van der Waals surface area contributed by atoms with Gasteiger partial charge in [-0.3, -0.25) is 9.13 Å². The summed E-state index contributed by atoms with van der Waals surface area (Å²) in [6.07, 6.45) is 6.26. The number of benzene rings is 2. The molecule has 0 bridgehead atoms. The fourth-order valence-electron chi connectivity index (χ4n) is 6.19. The van der Waals surface area contributed by atoms with E-state index in [0.717, 1.165) is 59.3 Å². The van der Waals surface area contributed by atoms with Gasteiger partial charge in [0.25, 0.3) is 0 Å². The Bertz CT molecular complexity index is 1560. The molecule has 2 heterocycles. The highest BCUT2D eigenvalue weighted by molar-refractivity contribution is 5.74. The molecule has 1 aliphatic carbocycles. The molecule has 2 N–H and O–H groups in total. The van der Waals surface area contributed by atoms with Crippen LogP contribution in [-0.4, -0.2) is 42.0 Å². The Morgan fingerprint density at radius 1 is 0.976 bits per heavy atom. The number of hydrogen-bond donors (Lipinski definition) is 2. The van der Waals surface area contributed by atoms with E-state index < -0.39 is 0 Å². The molecule has 1 aromatic heterocycles. The number of amides is 2. The molecule has 0 atom stereocenters. The lowest BCUT2D eigenvalue weighted by Gasteiger charge is -2.25. The number of aromatic nitrogens is 2. The summed E-state index contributed by atoms with van der Waals surface area (Å²) in [7, 11) is 3.24. The van der Waals surface area contributed by atoms with Crippen LogP contribution in [-0.2, 0) is 19.5 Å². The smallest absolute Gasteiger partial charge is 0.330 e. The Labute approximate surface area is 241 Å². The average molecular weight is 560 g/mol. The molecule has 0 spiro atoms. The van der Waals surface area contributed by atoms with Gasteiger partial charge in [0.2, 0.25) is 0 Å². The third-order valence-corrected chi connectivity index (χ3v) is 8.21. The van der Waals surface area contributed by atoms with E-state index in [1.165, 1.54) is 12.0 Å². The Morgan fingerprint density at radius 2 is 1.66 bits per heavy atom. The summed E-state index contributed by atoms with van der Waals surface area (Å²) in [4.78, 5) is 31.7. The number of methoxy groups -OCH3 is 2. The fraction of sp³-hybridized carbons (Fsp3) is 0.469. The Kier molecular flexibility index (Phi) is 8.52. The number of nitrogens with zero attached hydrogens (tertiary/aromatic N) is 3. The van der Waals surface area contributed by atoms with Crippen molar-refractivity contribution in [2.24, 2.45) is 4.99 Å². The monoisotopic (exact) mass is 559 g/mol. The van der Waals surface area contributed by atoms with Crippen molar-refractivity contribution in [3.05, 3.63) is 68.6 Å². The zero-order valence-corrected chi connectivity index (χ0v) is 24.8. The first-order valence-electron chi connectivity index (χ1n) is 14.6. The summed E-state index contributed by atoms with van der Waals surface area (Å²) in [5.41, 5.74) is 7.31. The molecule has 9 nitrogen and oxygen atoms in total. The molecule has 1 fully saturated rings. The molecule has 2 aromatic carbocycles. The van der Waals surface area contributed by atoms with Gasteiger partial charge in [0, 0.05) is 37.3 Å². The molecule has 1 saturated carbocycles. The van der Waals surface area contributed by atoms with Crippen LogP contribution in [0.1, 0.15) is 54.4 Å². The van der Waals surface area contributed by atoms with Gasteiger partial charge < -0.3 is 20.1 Å². The van der Waals surface area contributed by atoms with Gasteiger partial charge in [0.15, 0.2) is 11.5 Å². The zero-order chi connectivity index (χ0) is 29.1. The minimum Gasteiger partial charge on any atom is -0.493 e. The molecule has 5 rings (SSSR count). The maximum Gasteiger partial charge on any atom is 0.330 e. The highest BCUT2D eigenvalue weighted by Crippen LogP contribution is 2.37. The molecule has 3 aromatic rings. The first kappa shape index (κ1) is 28.5. The predicted octanol–water partition coefficient (Wildman–Crippen LogP) is 4.68. The Morgan fingerprint density at radius 3 is 2.34 bits per heavy atom. The van der Waals surface area contributed by atoms with Crippen molar-refractivity contribution < 1.29 is 14.3 Å². The third-order valence-electron chi connectivity index (χ3n) is 8.21.